The molecule has 0 bridgehead atoms. The van der Waals surface area contributed by atoms with E-state index in [1.807, 2.05) is 0 Å². The van der Waals surface area contributed by atoms with Gasteiger partial charge in [-0.25, -0.2) is 13.4 Å². The van der Waals surface area contributed by atoms with Crippen LogP contribution in [-0.2, 0) is 19.6 Å². The van der Waals surface area contributed by atoms with Gasteiger partial charge in [-0.1, -0.05) is 6.07 Å². The van der Waals surface area contributed by atoms with Crippen molar-refractivity contribution in [1.82, 2.24) is 9.29 Å². The summed E-state index contributed by atoms with van der Waals surface area (Å²) >= 11 is 0. The number of nitrogens with one attached hydrogen (secondary N) is 1. The van der Waals surface area contributed by atoms with Gasteiger partial charge in [-0.2, -0.15) is 4.31 Å². The number of aryl methyl sites for hydroxylation is 1. The molecule has 0 radical (unpaired) electrons. The number of hydrogen-bond acceptors (Lipinski definition) is 6. The first kappa shape index (κ1) is 16.9. The van der Waals surface area contributed by atoms with Crippen LogP contribution in [0.4, 0.5) is 5.69 Å². The Morgan fingerprint density at radius 1 is 1.33 bits per heavy atom. The highest BCUT2D eigenvalue weighted by Crippen LogP contribution is 2.24. The summed E-state index contributed by atoms with van der Waals surface area (Å²) in [4.78, 5) is 16.3. The van der Waals surface area contributed by atoms with Crippen LogP contribution >= 0.6 is 0 Å². The zero-order valence-electron chi connectivity index (χ0n) is 13.3. The van der Waals surface area contributed by atoms with E-state index in [2.05, 4.69) is 10.3 Å². The predicted molar refractivity (Wildman–Crippen MR) is 88.2 cm³/mol. The third-order valence-corrected chi connectivity index (χ3v) is 5.62. The number of benzene rings is 1. The normalized spacial score (nSPS) is 16.4. The van der Waals surface area contributed by atoms with E-state index in [-0.39, 0.29) is 18.1 Å². The van der Waals surface area contributed by atoms with Gasteiger partial charge in [-0.3, -0.25) is 4.79 Å². The van der Waals surface area contributed by atoms with Gasteiger partial charge in [0.1, 0.15) is 5.52 Å². The van der Waals surface area contributed by atoms with Crippen LogP contribution in [0.1, 0.15) is 12.3 Å². The second-order valence-electron chi connectivity index (χ2n) is 5.51. The summed E-state index contributed by atoms with van der Waals surface area (Å²) in [6.07, 6.45) is -0.122. The molecule has 2 aromatic rings. The maximum Gasteiger partial charge on any atom is 0.225 e. The van der Waals surface area contributed by atoms with Gasteiger partial charge in [-0.05, 0) is 12.1 Å². The smallest absolute Gasteiger partial charge is 0.225 e. The molecule has 0 spiro atoms. The number of morpholine rings is 1. The third-order valence-electron chi connectivity index (χ3n) is 3.75. The first-order valence-corrected chi connectivity index (χ1v) is 9.28. The van der Waals surface area contributed by atoms with Crippen LogP contribution in [0.5, 0.6) is 0 Å². The number of hydrogen-bond donors (Lipinski definition) is 1. The summed E-state index contributed by atoms with van der Waals surface area (Å²) in [5, 5.41) is 2.69. The van der Waals surface area contributed by atoms with Crippen molar-refractivity contribution in [3.63, 3.8) is 0 Å². The molecule has 1 amide bonds. The Bertz CT molecular complexity index is 840. The van der Waals surface area contributed by atoms with Gasteiger partial charge < -0.3 is 14.5 Å². The number of carbonyl (C=O) groups is 1. The Balaban J connectivity index is 1.63. The number of anilines is 1. The van der Waals surface area contributed by atoms with Gasteiger partial charge in [0.15, 0.2) is 11.5 Å². The number of carbonyl (C=O) groups excluding carboxylic acids is 1. The minimum Gasteiger partial charge on any atom is -0.439 e. The van der Waals surface area contributed by atoms with Crippen LogP contribution in [0.2, 0.25) is 0 Å². The van der Waals surface area contributed by atoms with Crippen molar-refractivity contribution < 1.29 is 22.4 Å². The Morgan fingerprint density at radius 3 is 2.83 bits per heavy atom. The molecule has 0 unspecified atom stereocenters. The summed E-state index contributed by atoms with van der Waals surface area (Å²) in [5.74, 6) is -0.112. The molecule has 3 rings (SSSR count). The lowest BCUT2D eigenvalue weighted by Crippen LogP contribution is -2.42. The van der Waals surface area contributed by atoms with E-state index in [1.54, 1.807) is 25.1 Å². The van der Waals surface area contributed by atoms with Gasteiger partial charge in [0.05, 0.1) is 24.7 Å². The minimum atomic E-state index is -3.45. The quantitative estimate of drug-likeness (QED) is 0.864. The van der Waals surface area contributed by atoms with Crippen molar-refractivity contribution in [2.45, 2.75) is 13.3 Å². The number of fused-ring (bicyclic) bond motifs is 1. The van der Waals surface area contributed by atoms with Crippen molar-refractivity contribution in [2.24, 2.45) is 0 Å². The molecule has 1 aromatic carbocycles. The van der Waals surface area contributed by atoms with Crippen LogP contribution in [0.3, 0.4) is 0 Å². The zero-order chi connectivity index (χ0) is 17.2. The highest BCUT2D eigenvalue weighted by molar-refractivity contribution is 7.89. The Hall–Kier alpha value is -1.97. The topological polar surface area (TPSA) is 102 Å². The van der Waals surface area contributed by atoms with Crippen LogP contribution < -0.4 is 5.32 Å². The van der Waals surface area contributed by atoms with Gasteiger partial charge in [0.25, 0.3) is 0 Å². The molecule has 0 aliphatic carbocycles. The molecule has 1 aromatic heterocycles. The fraction of sp³-hybridized carbons (Fsp3) is 0.467. The molecule has 1 fully saturated rings. The molecule has 1 saturated heterocycles. The Kier molecular flexibility index (Phi) is 4.83. The number of sulfonamides is 1. The second kappa shape index (κ2) is 6.88. The monoisotopic (exact) mass is 353 g/mol. The number of oxazole rings is 1. The van der Waals surface area contributed by atoms with Crippen molar-refractivity contribution in [3.8, 4) is 0 Å². The molecular weight excluding hydrogens is 334 g/mol. The molecule has 24 heavy (non-hydrogen) atoms. The molecule has 1 N–H and O–H groups in total. The number of nitrogens with zero attached hydrogens (tertiary/aromatic N) is 2. The van der Waals surface area contributed by atoms with E-state index in [9.17, 15) is 13.2 Å². The van der Waals surface area contributed by atoms with Gasteiger partial charge >= 0.3 is 0 Å². The van der Waals surface area contributed by atoms with Crippen molar-refractivity contribution in [3.05, 3.63) is 24.1 Å². The SMILES string of the molecule is Cc1nc2cccc(NC(=O)CCS(=O)(=O)N3CCOCC3)c2o1. The van der Waals surface area contributed by atoms with Gasteiger partial charge in [-0.15, -0.1) is 0 Å². The molecule has 1 aliphatic rings. The Labute approximate surface area is 139 Å². The number of amides is 1. The highest BCUT2D eigenvalue weighted by atomic mass is 32.2. The lowest BCUT2D eigenvalue weighted by atomic mass is 10.2. The third kappa shape index (κ3) is 3.74. The average molecular weight is 353 g/mol. The highest BCUT2D eigenvalue weighted by Gasteiger charge is 2.25. The first-order chi connectivity index (χ1) is 11.5. The second-order valence-corrected chi connectivity index (χ2v) is 7.60. The molecular formula is C15H19N3O5S. The van der Waals surface area contributed by atoms with Crippen molar-refractivity contribution in [2.75, 3.05) is 37.4 Å². The molecule has 2 heterocycles. The lowest BCUT2D eigenvalue weighted by Gasteiger charge is -2.25. The molecule has 9 heteroatoms. The largest absolute Gasteiger partial charge is 0.439 e. The maximum absolute atomic E-state index is 12.2. The summed E-state index contributed by atoms with van der Waals surface area (Å²) < 4.78 is 36.4. The number of rotatable bonds is 5. The van der Waals surface area contributed by atoms with Crippen molar-refractivity contribution in [1.29, 1.82) is 0 Å². The van der Waals surface area contributed by atoms with Crippen molar-refractivity contribution >= 4 is 32.7 Å². The maximum atomic E-state index is 12.2. The predicted octanol–water partition coefficient (Wildman–Crippen LogP) is 1.13. The summed E-state index contributed by atoms with van der Waals surface area (Å²) in [7, 11) is -3.45. The summed E-state index contributed by atoms with van der Waals surface area (Å²) in [6, 6.07) is 5.23. The van der Waals surface area contributed by atoms with Crippen LogP contribution in [-0.4, -0.2) is 55.7 Å². The molecule has 0 saturated carbocycles. The van der Waals surface area contributed by atoms with Gasteiger partial charge in [0.2, 0.25) is 15.9 Å². The molecule has 8 nitrogen and oxygen atoms in total. The van der Waals surface area contributed by atoms with E-state index in [1.165, 1.54) is 4.31 Å². The fourth-order valence-corrected chi connectivity index (χ4v) is 3.95. The van der Waals surface area contributed by atoms with E-state index < -0.39 is 10.0 Å². The number of para-hydroxylation sites is 1. The van der Waals surface area contributed by atoms with E-state index in [0.29, 0.717) is 49.0 Å². The molecule has 0 atom stereocenters. The average Bonchev–Trinajstić information content (AvgIpc) is 2.95. The number of ether oxygens (including phenoxy) is 1. The van der Waals surface area contributed by atoms with Crippen LogP contribution in [0.25, 0.3) is 11.1 Å². The van der Waals surface area contributed by atoms with E-state index in [4.69, 9.17) is 9.15 Å². The minimum absolute atomic E-state index is 0.122. The first-order valence-electron chi connectivity index (χ1n) is 7.67. The van der Waals surface area contributed by atoms with E-state index in [0.717, 1.165) is 0 Å². The summed E-state index contributed by atoms with van der Waals surface area (Å²) in [6.45, 7) is 3.16. The molecule has 130 valence electrons. The van der Waals surface area contributed by atoms with Gasteiger partial charge in [0, 0.05) is 26.4 Å². The van der Waals surface area contributed by atoms with Crippen LogP contribution in [0, 0.1) is 6.92 Å². The summed E-state index contributed by atoms with van der Waals surface area (Å²) in [5.41, 5.74) is 1.62. The lowest BCUT2D eigenvalue weighted by molar-refractivity contribution is -0.115. The Morgan fingerprint density at radius 2 is 2.08 bits per heavy atom. The van der Waals surface area contributed by atoms with E-state index >= 15 is 0 Å². The zero-order valence-corrected chi connectivity index (χ0v) is 14.1. The number of aromatic nitrogens is 1. The standard InChI is InChI=1S/C15H19N3O5S/c1-11-16-12-3-2-4-13(15(12)23-11)17-14(19)5-10-24(20,21)18-6-8-22-9-7-18/h2-4H,5-10H2,1H3,(H,17,19). The fourth-order valence-electron chi connectivity index (χ4n) is 2.55. The van der Waals surface area contributed by atoms with Crippen LogP contribution in [0.15, 0.2) is 22.6 Å². The molecule has 1 aliphatic heterocycles.